The van der Waals surface area contributed by atoms with Gasteiger partial charge in [0.1, 0.15) is 5.69 Å². The molecule has 0 spiro atoms. The molecule has 1 aromatic rings. The van der Waals surface area contributed by atoms with E-state index in [0.717, 1.165) is 12.3 Å². The van der Waals surface area contributed by atoms with Crippen LogP contribution in [0.3, 0.4) is 0 Å². The predicted octanol–water partition coefficient (Wildman–Crippen LogP) is 1.81. The van der Waals surface area contributed by atoms with Crippen LogP contribution in [0.1, 0.15) is 5.69 Å². The van der Waals surface area contributed by atoms with Crippen LogP contribution in [0.15, 0.2) is 18.3 Å². The van der Waals surface area contributed by atoms with Crippen LogP contribution >= 0.6 is 12.4 Å². The highest BCUT2D eigenvalue weighted by Gasteiger charge is 2.32. The van der Waals surface area contributed by atoms with E-state index in [1.54, 1.807) is 0 Å². The Hall–Kier alpha value is -1.01. The SMILES string of the molecule is Cl.NNc1ccnc(C(F)(F)F)c1. The fourth-order valence-corrected chi connectivity index (χ4v) is 0.675. The number of nitrogens with one attached hydrogen (secondary N) is 1. The van der Waals surface area contributed by atoms with Crippen molar-refractivity contribution in [2.45, 2.75) is 6.18 Å². The molecule has 0 aliphatic heterocycles. The van der Waals surface area contributed by atoms with Gasteiger partial charge in [-0.05, 0) is 12.1 Å². The zero-order valence-corrected chi connectivity index (χ0v) is 7.12. The summed E-state index contributed by atoms with van der Waals surface area (Å²) in [6.07, 6.45) is -3.38. The van der Waals surface area contributed by atoms with Crippen LogP contribution in [0.2, 0.25) is 0 Å². The maximum Gasteiger partial charge on any atom is 0.433 e. The first-order valence-corrected chi connectivity index (χ1v) is 3.04. The standard InChI is InChI=1S/C6H6F3N3.ClH/c7-6(8,9)5-3-4(12-10)1-2-11-5;/h1-3H,10H2,(H,11,12);1H. The lowest BCUT2D eigenvalue weighted by Crippen LogP contribution is -2.11. The second-order valence-electron chi connectivity index (χ2n) is 2.07. The van der Waals surface area contributed by atoms with Gasteiger partial charge in [0, 0.05) is 6.20 Å². The molecular weight excluding hydrogens is 207 g/mol. The molecule has 0 saturated carbocycles. The van der Waals surface area contributed by atoms with Crippen molar-refractivity contribution in [3.05, 3.63) is 24.0 Å². The summed E-state index contributed by atoms with van der Waals surface area (Å²) in [4.78, 5) is 3.14. The third-order valence-corrected chi connectivity index (χ3v) is 1.22. The van der Waals surface area contributed by atoms with E-state index < -0.39 is 11.9 Å². The molecule has 1 rings (SSSR count). The maximum atomic E-state index is 12.0. The second kappa shape index (κ2) is 4.29. The highest BCUT2D eigenvalue weighted by Crippen LogP contribution is 2.28. The fraction of sp³-hybridized carbons (Fsp3) is 0.167. The molecule has 1 aromatic heterocycles. The molecule has 7 heteroatoms. The van der Waals surface area contributed by atoms with E-state index in [1.807, 2.05) is 0 Å². The van der Waals surface area contributed by atoms with Crippen molar-refractivity contribution in [2.24, 2.45) is 5.84 Å². The molecule has 0 aliphatic carbocycles. The number of hydrogen-bond donors (Lipinski definition) is 2. The number of rotatable bonds is 1. The van der Waals surface area contributed by atoms with E-state index in [0.29, 0.717) is 0 Å². The zero-order chi connectivity index (χ0) is 9.19. The molecule has 0 atom stereocenters. The van der Waals surface area contributed by atoms with Crippen LogP contribution in [-0.4, -0.2) is 4.98 Å². The summed E-state index contributed by atoms with van der Waals surface area (Å²) in [6, 6.07) is 2.18. The maximum absolute atomic E-state index is 12.0. The minimum atomic E-state index is -4.42. The Balaban J connectivity index is 0.00000144. The van der Waals surface area contributed by atoms with Crippen LogP contribution in [0.4, 0.5) is 18.9 Å². The smallest absolute Gasteiger partial charge is 0.324 e. The zero-order valence-electron chi connectivity index (χ0n) is 6.30. The van der Waals surface area contributed by atoms with Gasteiger partial charge in [0.2, 0.25) is 0 Å². The highest BCUT2D eigenvalue weighted by molar-refractivity contribution is 5.85. The molecule has 74 valence electrons. The second-order valence-corrected chi connectivity index (χ2v) is 2.07. The Labute approximate surface area is 78.5 Å². The number of halogens is 4. The van der Waals surface area contributed by atoms with Gasteiger partial charge in [0.05, 0.1) is 5.69 Å². The molecular formula is C6H7ClF3N3. The van der Waals surface area contributed by atoms with E-state index in [-0.39, 0.29) is 18.1 Å². The van der Waals surface area contributed by atoms with Gasteiger partial charge in [-0.1, -0.05) is 0 Å². The summed E-state index contributed by atoms with van der Waals surface area (Å²) in [7, 11) is 0. The summed E-state index contributed by atoms with van der Waals surface area (Å²) >= 11 is 0. The lowest BCUT2D eigenvalue weighted by atomic mass is 10.3. The monoisotopic (exact) mass is 213 g/mol. The van der Waals surface area contributed by atoms with E-state index in [2.05, 4.69) is 10.4 Å². The van der Waals surface area contributed by atoms with Gasteiger partial charge in [-0.2, -0.15) is 13.2 Å². The van der Waals surface area contributed by atoms with Crippen LogP contribution in [0, 0.1) is 0 Å². The van der Waals surface area contributed by atoms with Crippen LogP contribution in [-0.2, 0) is 6.18 Å². The molecule has 0 fully saturated rings. The van der Waals surface area contributed by atoms with Crippen molar-refractivity contribution in [1.29, 1.82) is 0 Å². The Morgan fingerprint density at radius 3 is 2.46 bits per heavy atom. The Kier molecular flexibility index (Phi) is 3.96. The minimum Gasteiger partial charge on any atom is -0.324 e. The van der Waals surface area contributed by atoms with E-state index in [9.17, 15) is 13.2 Å². The molecule has 0 radical (unpaired) electrons. The molecule has 1 heterocycles. The number of nitrogen functional groups attached to an aromatic ring is 1. The van der Waals surface area contributed by atoms with Crippen molar-refractivity contribution in [3.8, 4) is 0 Å². The largest absolute Gasteiger partial charge is 0.433 e. The summed E-state index contributed by atoms with van der Waals surface area (Å²) < 4.78 is 35.9. The number of alkyl halides is 3. The van der Waals surface area contributed by atoms with Gasteiger partial charge in [-0.3, -0.25) is 10.8 Å². The van der Waals surface area contributed by atoms with Crippen LogP contribution in [0.5, 0.6) is 0 Å². The minimum absolute atomic E-state index is 0. The first-order chi connectivity index (χ1) is 5.54. The normalized spacial score (nSPS) is 10.5. The summed E-state index contributed by atoms with van der Waals surface area (Å²) in [5, 5.41) is 0. The van der Waals surface area contributed by atoms with E-state index in [4.69, 9.17) is 5.84 Å². The number of anilines is 1. The summed E-state index contributed by atoms with van der Waals surface area (Å²) in [6.45, 7) is 0. The fourth-order valence-electron chi connectivity index (χ4n) is 0.675. The van der Waals surface area contributed by atoms with Crippen molar-refractivity contribution < 1.29 is 13.2 Å². The summed E-state index contributed by atoms with van der Waals surface area (Å²) in [5.41, 5.74) is 1.32. The average Bonchev–Trinajstić information content (AvgIpc) is 2.03. The highest BCUT2D eigenvalue weighted by atomic mass is 35.5. The van der Waals surface area contributed by atoms with Crippen LogP contribution < -0.4 is 11.3 Å². The lowest BCUT2D eigenvalue weighted by Gasteiger charge is -2.06. The number of hydrazine groups is 1. The number of nitrogens with zero attached hydrogens (tertiary/aromatic N) is 1. The molecule has 0 amide bonds. The van der Waals surface area contributed by atoms with Crippen molar-refractivity contribution in [3.63, 3.8) is 0 Å². The number of hydrogen-bond acceptors (Lipinski definition) is 3. The van der Waals surface area contributed by atoms with Gasteiger partial charge in [0.15, 0.2) is 0 Å². The molecule has 0 aliphatic rings. The van der Waals surface area contributed by atoms with Gasteiger partial charge < -0.3 is 5.43 Å². The first kappa shape index (κ1) is 12.0. The number of pyridine rings is 1. The quantitative estimate of drug-likeness (QED) is 0.553. The van der Waals surface area contributed by atoms with Gasteiger partial charge in [-0.25, -0.2) is 0 Å². The predicted molar refractivity (Wildman–Crippen MR) is 44.3 cm³/mol. The van der Waals surface area contributed by atoms with Crippen molar-refractivity contribution in [2.75, 3.05) is 5.43 Å². The molecule has 0 unspecified atom stereocenters. The van der Waals surface area contributed by atoms with Crippen LogP contribution in [0.25, 0.3) is 0 Å². The topological polar surface area (TPSA) is 50.9 Å². The molecule has 3 nitrogen and oxygen atoms in total. The lowest BCUT2D eigenvalue weighted by molar-refractivity contribution is -0.141. The molecule has 0 saturated heterocycles. The third kappa shape index (κ3) is 3.08. The Bertz CT molecular complexity index is 276. The Morgan fingerprint density at radius 1 is 1.38 bits per heavy atom. The molecule has 3 N–H and O–H groups in total. The first-order valence-electron chi connectivity index (χ1n) is 3.04. The number of aromatic nitrogens is 1. The molecule has 0 bridgehead atoms. The average molecular weight is 214 g/mol. The third-order valence-electron chi connectivity index (χ3n) is 1.22. The summed E-state index contributed by atoms with van der Waals surface area (Å²) in [5.74, 6) is 4.92. The van der Waals surface area contributed by atoms with Gasteiger partial charge >= 0.3 is 6.18 Å². The van der Waals surface area contributed by atoms with E-state index in [1.165, 1.54) is 6.07 Å². The molecule has 0 aromatic carbocycles. The van der Waals surface area contributed by atoms with Gasteiger partial charge in [0.25, 0.3) is 0 Å². The van der Waals surface area contributed by atoms with Crippen molar-refractivity contribution in [1.82, 2.24) is 4.98 Å². The van der Waals surface area contributed by atoms with Gasteiger partial charge in [-0.15, -0.1) is 12.4 Å². The molecule has 13 heavy (non-hydrogen) atoms. The Morgan fingerprint density at radius 2 is 2.00 bits per heavy atom. The van der Waals surface area contributed by atoms with E-state index >= 15 is 0 Å². The number of nitrogens with two attached hydrogens (primary N) is 1. The van der Waals surface area contributed by atoms with Crippen molar-refractivity contribution >= 4 is 18.1 Å².